The Balaban J connectivity index is 0. The third kappa shape index (κ3) is 8.56. The summed E-state index contributed by atoms with van der Waals surface area (Å²) in [6.45, 7) is 12.4. The van der Waals surface area contributed by atoms with Crippen LogP contribution in [0.1, 0.15) is 54.4 Å². The molecule has 2 aromatic rings. The third-order valence-corrected chi connectivity index (χ3v) is 1.86. The molecule has 0 spiro atoms. The van der Waals surface area contributed by atoms with Crippen LogP contribution < -0.4 is 0 Å². The summed E-state index contributed by atoms with van der Waals surface area (Å²) in [6, 6.07) is 9.90. The second-order valence-corrected chi connectivity index (χ2v) is 2.96. The van der Waals surface area contributed by atoms with Crippen LogP contribution in [0.5, 0.6) is 0 Å². The fourth-order valence-electron chi connectivity index (χ4n) is 0.906. The molecule has 1 heterocycles. The smallest absolute Gasteiger partial charge is 0.133 e. The molecule has 1 aromatic carbocycles. The highest BCUT2D eigenvalue weighted by Gasteiger charge is 1.89. The van der Waals surface area contributed by atoms with Crippen molar-refractivity contribution < 1.29 is 4.42 Å². The van der Waals surface area contributed by atoms with Crippen molar-refractivity contribution in [1.82, 2.24) is 0 Å². The molecule has 0 atom stereocenters. The minimum Gasteiger partial charge on any atom is -0.464 e. The van der Waals surface area contributed by atoms with Gasteiger partial charge in [0.2, 0.25) is 0 Å². The van der Waals surface area contributed by atoms with E-state index >= 15 is 0 Å². The largest absolute Gasteiger partial charge is 0.464 e. The van der Waals surface area contributed by atoms with Crippen molar-refractivity contribution in [3.8, 4) is 0 Å². The highest BCUT2D eigenvalue weighted by Crippen LogP contribution is 2.12. The van der Waals surface area contributed by atoms with Crippen LogP contribution in [0.15, 0.2) is 41.0 Å². The predicted molar refractivity (Wildman–Crippen MR) is 79.5 cm³/mol. The van der Waals surface area contributed by atoms with E-state index in [-0.39, 0.29) is 0 Å². The minimum absolute atomic E-state index is 0.956. The molecule has 0 aliphatic rings. The molecule has 17 heavy (non-hydrogen) atoms. The molecule has 0 unspecified atom stereocenters. The molecular weight excluding hydrogens is 208 g/mol. The van der Waals surface area contributed by atoms with Gasteiger partial charge in [0.1, 0.15) is 5.58 Å². The zero-order valence-electron chi connectivity index (χ0n) is 12.3. The van der Waals surface area contributed by atoms with E-state index in [9.17, 15) is 0 Å². The van der Waals surface area contributed by atoms with Crippen LogP contribution in [0.25, 0.3) is 11.0 Å². The molecule has 0 N–H and O–H groups in total. The first-order valence-corrected chi connectivity index (χ1v) is 6.80. The molecular formula is C16H28O. The summed E-state index contributed by atoms with van der Waals surface area (Å²) in [7, 11) is 0. The second-order valence-electron chi connectivity index (χ2n) is 2.96. The Morgan fingerprint density at radius 1 is 0.824 bits per heavy atom. The molecule has 0 aliphatic carbocycles. The number of benzene rings is 1. The number of furan rings is 1. The van der Waals surface area contributed by atoms with Gasteiger partial charge in [-0.3, -0.25) is 0 Å². The van der Waals surface area contributed by atoms with Gasteiger partial charge in [-0.2, -0.15) is 0 Å². The van der Waals surface area contributed by atoms with Crippen molar-refractivity contribution in [2.24, 2.45) is 0 Å². The average Bonchev–Trinajstić information content (AvgIpc) is 2.92. The number of hydrogen-bond acceptors (Lipinski definition) is 1. The van der Waals surface area contributed by atoms with Crippen molar-refractivity contribution in [3.63, 3.8) is 0 Å². The van der Waals surface area contributed by atoms with Crippen molar-refractivity contribution in [1.29, 1.82) is 0 Å². The van der Waals surface area contributed by atoms with Gasteiger partial charge < -0.3 is 4.42 Å². The maximum Gasteiger partial charge on any atom is 0.133 e. The van der Waals surface area contributed by atoms with Crippen LogP contribution in [-0.4, -0.2) is 0 Å². The van der Waals surface area contributed by atoms with Gasteiger partial charge in [-0.15, -0.1) is 0 Å². The zero-order valence-corrected chi connectivity index (χ0v) is 12.3. The van der Waals surface area contributed by atoms with Gasteiger partial charge in [-0.25, -0.2) is 0 Å². The van der Waals surface area contributed by atoms with Crippen LogP contribution in [0, 0.1) is 0 Å². The summed E-state index contributed by atoms with van der Waals surface area (Å²) in [5.41, 5.74) is 0.956. The maximum atomic E-state index is 5.12. The Bertz CT molecular complexity index is 304. The van der Waals surface area contributed by atoms with Gasteiger partial charge in [0, 0.05) is 5.39 Å². The van der Waals surface area contributed by atoms with Crippen molar-refractivity contribution >= 4 is 11.0 Å². The van der Waals surface area contributed by atoms with Crippen molar-refractivity contribution in [3.05, 3.63) is 36.6 Å². The van der Waals surface area contributed by atoms with E-state index in [1.807, 2.05) is 58.0 Å². The first-order chi connectivity index (χ1) is 8.38. The van der Waals surface area contributed by atoms with E-state index < -0.39 is 0 Å². The molecule has 0 radical (unpaired) electrons. The second kappa shape index (κ2) is 14.8. The van der Waals surface area contributed by atoms with E-state index in [1.54, 1.807) is 6.26 Å². The van der Waals surface area contributed by atoms with E-state index in [4.69, 9.17) is 4.42 Å². The van der Waals surface area contributed by atoms with Crippen molar-refractivity contribution in [2.45, 2.75) is 54.4 Å². The fraction of sp³-hybridized carbons (Fsp3) is 0.500. The summed E-state index contributed by atoms with van der Waals surface area (Å²) < 4.78 is 5.12. The standard InChI is InChI=1S/C8H6O.C4H10.2C2H6/c1-2-4-8-7(3-1)5-6-9-8;1-3-4-2;2*1-2/h1-6H;3-4H2,1-2H3;2*1-2H3. The normalized spacial score (nSPS) is 7.88. The molecule has 0 aliphatic heterocycles. The highest BCUT2D eigenvalue weighted by atomic mass is 16.3. The Kier molecular flexibility index (Phi) is 15.7. The highest BCUT2D eigenvalue weighted by molar-refractivity contribution is 5.76. The van der Waals surface area contributed by atoms with Gasteiger partial charge in [0.05, 0.1) is 6.26 Å². The molecule has 0 bridgehead atoms. The Labute approximate surface area is 107 Å². The van der Waals surface area contributed by atoms with Gasteiger partial charge in [-0.05, 0) is 12.1 Å². The van der Waals surface area contributed by atoms with E-state index in [2.05, 4.69) is 13.8 Å². The lowest BCUT2D eigenvalue weighted by molar-refractivity contribution is 0.616. The summed E-state index contributed by atoms with van der Waals surface area (Å²) in [5.74, 6) is 0. The Morgan fingerprint density at radius 3 is 1.82 bits per heavy atom. The molecule has 0 saturated carbocycles. The van der Waals surface area contributed by atoms with Crippen LogP contribution in [0.2, 0.25) is 0 Å². The predicted octanol–water partition coefficient (Wildman–Crippen LogP) is 6.29. The molecule has 0 saturated heterocycles. The van der Waals surface area contributed by atoms with Gasteiger partial charge >= 0.3 is 0 Å². The molecule has 1 nitrogen and oxygen atoms in total. The van der Waals surface area contributed by atoms with Crippen molar-refractivity contribution in [2.75, 3.05) is 0 Å². The van der Waals surface area contributed by atoms with Crippen LogP contribution in [0.4, 0.5) is 0 Å². The van der Waals surface area contributed by atoms with Crippen LogP contribution in [-0.2, 0) is 0 Å². The minimum atomic E-state index is 0.956. The van der Waals surface area contributed by atoms with E-state index in [0.717, 1.165) is 11.0 Å². The van der Waals surface area contributed by atoms with Gasteiger partial charge in [-0.1, -0.05) is 72.6 Å². The summed E-state index contributed by atoms with van der Waals surface area (Å²) >= 11 is 0. The van der Waals surface area contributed by atoms with E-state index in [1.165, 1.54) is 12.8 Å². The number of para-hydroxylation sites is 1. The number of hydrogen-bond donors (Lipinski definition) is 0. The molecule has 2 rings (SSSR count). The summed E-state index contributed by atoms with van der Waals surface area (Å²) in [4.78, 5) is 0. The molecule has 1 aromatic heterocycles. The third-order valence-electron chi connectivity index (χ3n) is 1.86. The lowest BCUT2D eigenvalue weighted by atomic mass is 10.3. The Morgan fingerprint density at radius 2 is 1.35 bits per heavy atom. The van der Waals surface area contributed by atoms with Gasteiger partial charge in [0.25, 0.3) is 0 Å². The van der Waals surface area contributed by atoms with Gasteiger partial charge in [0.15, 0.2) is 0 Å². The average molecular weight is 236 g/mol. The summed E-state index contributed by atoms with van der Waals surface area (Å²) in [6.07, 6.45) is 4.34. The quantitative estimate of drug-likeness (QED) is 0.567. The van der Waals surface area contributed by atoms with Crippen LogP contribution >= 0.6 is 0 Å². The fourth-order valence-corrected chi connectivity index (χ4v) is 0.906. The zero-order chi connectivity index (χ0) is 13.5. The molecule has 1 heteroatoms. The van der Waals surface area contributed by atoms with E-state index in [0.29, 0.717) is 0 Å². The first-order valence-electron chi connectivity index (χ1n) is 6.80. The number of rotatable bonds is 1. The topological polar surface area (TPSA) is 13.1 Å². The first kappa shape index (κ1) is 18.1. The SMILES string of the molecule is CC.CC.CCCC.c1ccc2occc2c1. The number of fused-ring (bicyclic) bond motifs is 1. The molecule has 0 fully saturated rings. The summed E-state index contributed by atoms with van der Waals surface area (Å²) in [5, 5.41) is 1.16. The Hall–Kier alpha value is -1.24. The monoisotopic (exact) mass is 236 g/mol. The molecule has 0 amide bonds. The maximum absolute atomic E-state index is 5.12. The lowest BCUT2D eigenvalue weighted by Crippen LogP contribution is -1.57. The molecule has 98 valence electrons. The van der Waals surface area contributed by atoms with Crippen LogP contribution in [0.3, 0.4) is 0 Å². The lowest BCUT2D eigenvalue weighted by Gasteiger charge is -1.81. The number of unbranched alkanes of at least 4 members (excludes halogenated alkanes) is 1.